The third-order valence-corrected chi connectivity index (χ3v) is 30.0. The number of piperidine rings is 6. The van der Waals surface area contributed by atoms with Crippen molar-refractivity contribution in [3.63, 3.8) is 0 Å². The molecule has 15 rings (SSSR count). The summed E-state index contributed by atoms with van der Waals surface area (Å²) in [5.74, 6) is 0.850. The largest absolute Gasteiger partial charge is 0.380 e. The summed E-state index contributed by atoms with van der Waals surface area (Å²) in [6.07, 6.45) is 27.3. The number of hydrogen-bond donors (Lipinski definition) is 0. The first kappa shape index (κ1) is 123. The predicted molar refractivity (Wildman–Crippen MR) is 563 cm³/mol. The van der Waals surface area contributed by atoms with Crippen LogP contribution in [0.2, 0.25) is 0 Å². The van der Waals surface area contributed by atoms with E-state index < -0.39 is 11.6 Å². The number of halogens is 3. The van der Waals surface area contributed by atoms with Crippen LogP contribution in [0, 0.1) is 35.0 Å². The molecule has 13 aliphatic rings. The van der Waals surface area contributed by atoms with Crippen molar-refractivity contribution in [1.29, 1.82) is 0 Å². The van der Waals surface area contributed by atoms with Gasteiger partial charge < -0.3 is 43.9 Å². The summed E-state index contributed by atoms with van der Waals surface area (Å²) >= 11 is 0. The first-order valence-electron chi connectivity index (χ1n) is 53.6. The number of likely N-dealkylation sites (tertiary alicyclic amines) is 10. The first-order chi connectivity index (χ1) is 60.0. The lowest BCUT2D eigenvalue weighted by Crippen LogP contribution is -2.67. The van der Waals surface area contributed by atoms with Crippen LogP contribution in [-0.4, -0.2) is 314 Å². The van der Waals surface area contributed by atoms with Crippen LogP contribution in [0.3, 0.4) is 0 Å². The quantitative estimate of drug-likeness (QED) is 0.192. The smallest absolute Gasteiger partial charge is 0.250 e. The molecule has 2 aromatic carbocycles. The topological polar surface area (TPSA) is 48.1 Å². The third-order valence-electron chi connectivity index (χ3n) is 30.0. The van der Waals surface area contributed by atoms with E-state index in [4.69, 9.17) is 4.74 Å². The van der Waals surface area contributed by atoms with Crippen LogP contribution in [-0.2, 0) is 4.74 Å². The number of piperazine rings is 1. The van der Waals surface area contributed by atoms with Crippen molar-refractivity contribution in [2.24, 2.45) is 28.1 Å². The highest BCUT2D eigenvalue weighted by atomic mass is 19.3. The van der Waals surface area contributed by atoms with Gasteiger partial charge in [-0.05, 0) is 387 Å². The summed E-state index contributed by atoms with van der Waals surface area (Å²) in [4.78, 5) is 29.6. The number of hydrogen-bond acceptors (Lipinski definition) is 13. The number of alkyl halides is 3. The van der Waals surface area contributed by atoms with Crippen molar-refractivity contribution in [2.75, 3.05) is 177 Å². The molecule has 760 valence electrons. The van der Waals surface area contributed by atoms with Gasteiger partial charge in [0.15, 0.2) is 0 Å². The molecule has 0 atom stereocenters. The molecule has 0 unspecified atom stereocenters. The van der Waals surface area contributed by atoms with Crippen LogP contribution in [0.15, 0.2) is 54.6 Å². The van der Waals surface area contributed by atoms with Crippen molar-refractivity contribution in [1.82, 2.24) is 58.8 Å². The second kappa shape index (κ2) is 64.1. The van der Waals surface area contributed by atoms with E-state index in [2.05, 4.69) is 315 Å². The molecule has 12 saturated heterocycles. The molecule has 1 aliphatic carbocycles. The molecule has 2 spiro atoms. The summed E-state index contributed by atoms with van der Waals surface area (Å²) in [5.41, 5.74) is 5.26. The first-order valence-corrected chi connectivity index (χ1v) is 53.6. The molecule has 13 nitrogen and oxygen atoms in total. The van der Waals surface area contributed by atoms with Crippen LogP contribution in [0.5, 0.6) is 0 Å². The SMILES string of the molecule is C.CC(C)N1CC(C)(F)C1.CC(C)N1CC2(CCCCC2)C1.CC(C)N1CC2(COC2)C1.CC(C)N1CCC(C)(C)CC1.CC(C)N1CCC(F)(F)CC1.CC(C)N1CCCC1.CC(C)N1CCCCC1.CC(C)N1CCCCC1.CC(C)N1CCN(C)CC1.CC(C)c1ccccc1.CC1CCN(C(C)C)CC1.CC1CCN(C(C)C)CC1.Cc1ccc(C(C)C)cc1. The zero-order valence-corrected chi connectivity index (χ0v) is 91.0. The number of rotatable bonds is 13. The fraction of sp³-hybridized carbons (Fsp3) is 0.894. The standard InChI is InChI=1S/C11H21N.C10H21N.C10H14.2C9H19N.C9H12.C8H15F2N.C8H18N2.C8H15NO.2C8H17N.C7H14FN.C7H15N.CH4/c1-10(2)12-8-11(9-12)6-4-3-5-7-11;1-9(2)11-7-5-10(3,4)6-8-11;3*1-8(2)10-6-4-9(3)5-7-10;1-8(2)9-6-4-3-5-7-9;1-7(2)11-5-3-8(9,10)4-6-11;1-8(2)10-6-4-9(3)5-7-10;1-7(2)9-3-8(4-9)5-10-6-8;2*1-8(2)9-6-4-3-5-7-9;1-6(2)9-4-7(3,8)5-9;1-7(2)8-5-3-4-6-8;/h10H,3-9H2,1-2H3;9H,5-8H2,1-4H3;4-8H,1-3H3;2*8-9H,4-7H2,1-3H3;3-8H,1-2H3;7H,3-6H2,1-2H3;8H,4-7H2,1-3H3;7H,3-6H2,1-2H3;2*8H,3-7H2,1-2H3;6H,4-5H2,1-3H3;7H,3-6H2,1-2H3;1H4. The molecule has 129 heavy (non-hydrogen) atoms. The molecular formula is C113H221F3N12O. The molecular weight excluding hydrogens is 1600 g/mol. The predicted octanol–water partition coefficient (Wildman–Crippen LogP) is 26.2. The molecule has 0 aromatic heterocycles. The molecule has 0 amide bonds. The summed E-state index contributed by atoms with van der Waals surface area (Å²) in [6, 6.07) is 27.0. The summed E-state index contributed by atoms with van der Waals surface area (Å²) in [5, 5.41) is 0. The van der Waals surface area contributed by atoms with Crippen molar-refractivity contribution in [3.05, 3.63) is 71.3 Å². The lowest BCUT2D eigenvalue weighted by Gasteiger charge is -2.56. The molecule has 16 heteroatoms. The minimum Gasteiger partial charge on any atom is -0.380 e. The summed E-state index contributed by atoms with van der Waals surface area (Å²) in [7, 11) is 2.19. The van der Waals surface area contributed by atoms with Gasteiger partial charge in [0.1, 0.15) is 5.67 Å². The molecule has 12 aliphatic heterocycles. The maximum absolute atomic E-state index is 12.8. The summed E-state index contributed by atoms with van der Waals surface area (Å²) < 4.78 is 43.2. The number of ether oxygens (including phenoxy) is 1. The number of aryl methyl sites for hydroxylation is 1. The maximum Gasteiger partial charge on any atom is 0.250 e. The average Bonchev–Trinajstić information content (AvgIpc) is 1.14. The van der Waals surface area contributed by atoms with E-state index >= 15 is 0 Å². The Morgan fingerprint density at radius 2 is 0.550 bits per heavy atom. The normalized spacial score (nSPS) is 23.0. The number of likely N-dealkylation sites (N-methyl/N-ethyl adjacent to an activating group) is 1. The van der Waals surface area contributed by atoms with Crippen molar-refractivity contribution in [3.8, 4) is 0 Å². The van der Waals surface area contributed by atoms with E-state index in [1.165, 1.54) is 270 Å². The Kier molecular flexibility index (Phi) is 61.0. The molecule has 1 saturated carbocycles. The average molecular weight is 1820 g/mol. The maximum atomic E-state index is 12.8. The van der Waals surface area contributed by atoms with E-state index in [9.17, 15) is 13.2 Å². The number of benzene rings is 2. The second-order valence-electron chi connectivity index (χ2n) is 46.6. The van der Waals surface area contributed by atoms with Crippen LogP contribution < -0.4 is 0 Å². The minimum absolute atomic E-state index is 0. The van der Waals surface area contributed by atoms with Crippen LogP contribution >= 0.6 is 0 Å². The van der Waals surface area contributed by atoms with Gasteiger partial charge >= 0.3 is 0 Å². The van der Waals surface area contributed by atoms with Crippen LogP contribution in [0.1, 0.15) is 385 Å². The molecule has 0 N–H and O–H groups in total. The van der Waals surface area contributed by atoms with Crippen LogP contribution in [0.4, 0.5) is 13.2 Å². The fourth-order valence-corrected chi connectivity index (χ4v) is 19.1. The Morgan fingerprint density at radius 3 is 0.822 bits per heavy atom. The molecule has 2 aromatic rings. The van der Waals surface area contributed by atoms with Crippen LogP contribution in [0.25, 0.3) is 0 Å². The number of nitrogens with zero attached hydrogens (tertiary/aromatic N) is 12. The van der Waals surface area contributed by atoms with Gasteiger partial charge in [-0.3, -0.25) is 19.6 Å². The van der Waals surface area contributed by atoms with E-state index in [1.54, 1.807) is 6.92 Å². The highest BCUT2D eigenvalue weighted by Gasteiger charge is 2.49. The van der Waals surface area contributed by atoms with Gasteiger partial charge in [-0.2, -0.15) is 0 Å². The third kappa shape index (κ3) is 51.8. The highest BCUT2D eigenvalue weighted by Crippen LogP contribution is 2.45. The van der Waals surface area contributed by atoms with Crippen molar-refractivity contribution in [2.45, 2.75) is 454 Å². The Hall–Kier alpha value is -2.29. The van der Waals surface area contributed by atoms with Gasteiger partial charge in [0.25, 0.3) is 5.92 Å². The van der Waals surface area contributed by atoms with Gasteiger partial charge in [-0.15, -0.1) is 0 Å². The Bertz CT molecular complexity index is 2820. The second-order valence-corrected chi connectivity index (χ2v) is 46.6. The lowest BCUT2D eigenvalue weighted by molar-refractivity contribution is -0.195. The molecule has 13 fully saturated rings. The fourth-order valence-electron chi connectivity index (χ4n) is 19.1. The lowest BCUT2D eigenvalue weighted by atomic mass is 9.68. The van der Waals surface area contributed by atoms with E-state index in [-0.39, 0.29) is 20.3 Å². The Morgan fingerprint density at radius 1 is 0.287 bits per heavy atom. The minimum atomic E-state index is -2.40. The zero-order valence-electron chi connectivity index (χ0n) is 91.0. The van der Waals surface area contributed by atoms with E-state index in [0.29, 0.717) is 60.9 Å². The molecule has 0 bridgehead atoms. The highest BCUT2D eigenvalue weighted by molar-refractivity contribution is 5.23. The molecule has 0 radical (unpaired) electrons. The van der Waals surface area contributed by atoms with Gasteiger partial charge in [0.2, 0.25) is 0 Å². The Balaban J connectivity index is 0.000000473. The van der Waals surface area contributed by atoms with E-state index in [1.807, 2.05) is 19.9 Å². The van der Waals surface area contributed by atoms with Gasteiger partial charge in [0, 0.05) is 163 Å². The van der Waals surface area contributed by atoms with Gasteiger partial charge in [-0.25, -0.2) is 13.2 Å². The van der Waals surface area contributed by atoms with Gasteiger partial charge in [-0.1, -0.05) is 155 Å². The van der Waals surface area contributed by atoms with Gasteiger partial charge in [0.05, 0.1) is 13.2 Å². The zero-order chi connectivity index (χ0) is 96.1. The van der Waals surface area contributed by atoms with Crippen molar-refractivity contribution >= 4 is 0 Å². The Labute approximate surface area is 802 Å². The van der Waals surface area contributed by atoms with Crippen molar-refractivity contribution < 1.29 is 17.9 Å². The summed E-state index contributed by atoms with van der Waals surface area (Å²) in [6.45, 7) is 102. The monoisotopic (exact) mass is 1820 g/mol. The molecule has 12 heterocycles. The van der Waals surface area contributed by atoms with E-state index in [0.717, 1.165) is 84.8 Å².